The molecule has 0 saturated heterocycles. The molecule has 0 unspecified atom stereocenters. The Morgan fingerprint density at radius 3 is 1.56 bits per heavy atom. The predicted molar refractivity (Wildman–Crippen MR) is 428 cm³/mol. The number of rotatable bonds is 15. The average Bonchev–Trinajstić information content (AvgIpc) is 1.62. The van der Waals surface area contributed by atoms with Gasteiger partial charge in [0.1, 0.15) is 17.1 Å². The molecule has 6 N–H and O–H groups in total. The number of Topliss-reactive ketones (excluding diaryl/α,β-unsaturated/α-hetero) is 2. The van der Waals surface area contributed by atoms with Gasteiger partial charge in [-0.05, 0) is 216 Å². The van der Waals surface area contributed by atoms with E-state index in [0.717, 1.165) is 112 Å². The van der Waals surface area contributed by atoms with Gasteiger partial charge < -0.3 is 56.9 Å². The van der Waals surface area contributed by atoms with E-state index in [1.807, 2.05) is 165 Å². The molecule has 1 aliphatic rings. The Labute approximate surface area is 648 Å². The minimum absolute atomic E-state index is 0. The monoisotopic (exact) mass is 1500 g/mol. The van der Waals surface area contributed by atoms with E-state index < -0.39 is 11.7 Å². The van der Waals surface area contributed by atoms with Gasteiger partial charge in [-0.1, -0.05) is 72.5 Å². The van der Waals surface area contributed by atoms with Crippen LogP contribution in [0.2, 0.25) is 0 Å². The Hall–Kier alpha value is -13.7. The lowest BCUT2D eigenvalue weighted by Crippen LogP contribution is -3.00. The third-order valence-electron chi connectivity index (χ3n) is 16.9. The summed E-state index contributed by atoms with van der Waals surface area (Å²) in [6, 6.07) is 49.6. The molecule has 0 saturated carbocycles. The summed E-state index contributed by atoms with van der Waals surface area (Å²) < 4.78 is 17.4. The number of nitrogens with zero attached hydrogens (tertiary/aromatic N) is 6. The van der Waals surface area contributed by atoms with Gasteiger partial charge >= 0.3 is 12.2 Å². The number of halogens is 1. The fraction of sp³-hybridized carbons (Fsp3) is 0.144. The number of allylic oxidation sites excluding steroid dienone is 4. The van der Waals surface area contributed by atoms with Crippen molar-refractivity contribution < 1.29 is 65.9 Å². The number of H-pyrrole nitrogens is 3. The van der Waals surface area contributed by atoms with Gasteiger partial charge in [-0.15, -0.1) is 12.8 Å². The molecule has 0 spiro atoms. The van der Waals surface area contributed by atoms with Gasteiger partial charge in [-0.2, -0.15) is 9.59 Å². The van der Waals surface area contributed by atoms with E-state index in [1.165, 1.54) is 21.9 Å². The van der Waals surface area contributed by atoms with Gasteiger partial charge in [0, 0.05) is 160 Å². The second-order valence-corrected chi connectivity index (χ2v) is 25.7. The number of hydrogen-bond acceptors (Lipinski definition) is 16. The van der Waals surface area contributed by atoms with Crippen molar-refractivity contribution in [3.05, 3.63) is 328 Å². The summed E-state index contributed by atoms with van der Waals surface area (Å²) in [7, 11) is 3.33. The highest BCUT2D eigenvalue weighted by Crippen LogP contribution is 2.36. The number of terminal acetylenes is 2. The molecule has 20 nitrogen and oxygen atoms in total. The van der Waals surface area contributed by atoms with Crippen LogP contribution >= 0.6 is 0 Å². The van der Waals surface area contributed by atoms with E-state index in [4.69, 9.17) is 41.8 Å². The fourth-order valence-electron chi connectivity index (χ4n) is 11.6. The molecule has 5 aromatic carbocycles. The molecule has 1 aliphatic carbocycles. The van der Waals surface area contributed by atoms with Gasteiger partial charge in [0.2, 0.25) is 0 Å². The minimum atomic E-state index is -0.654. The smallest absolute Gasteiger partial charge is 0.419 e. The van der Waals surface area contributed by atoms with E-state index in [-0.39, 0.29) is 56.4 Å². The highest BCUT2D eigenvalue weighted by molar-refractivity contribution is 6.11. The van der Waals surface area contributed by atoms with E-state index >= 15 is 0 Å². The summed E-state index contributed by atoms with van der Waals surface area (Å²) in [5.41, 5.74) is 17.5. The Balaban J connectivity index is 0.000000171. The highest BCUT2D eigenvalue weighted by Gasteiger charge is 2.24. The number of ether oxygens (including phenoxy) is 3. The third kappa shape index (κ3) is 23.4. The van der Waals surface area contributed by atoms with Gasteiger partial charge in [-0.25, -0.2) is 4.79 Å². The molecule has 21 heteroatoms. The second-order valence-electron chi connectivity index (χ2n) is 25.7. The van der Waals surface area contributed by atoms with Crippen molar-refractivity contribution >= 4 is 90.7 Å². The highest BCUT2D eigenvalue weighted by atomic mass is 35.5. The number of carbonyl (C=O) groups is 3. The third-order valence-corrected chi connectivity index (χ3v) is 16.9. The van der Waals surface area contributed by atoms with Gasteiger partial charge in [0.25, 0.3) is 0 Å². The Morgan fingerprint density at radius 2 is 1.04 bits per heavy atom. The first kappa shape index (κ1) is 83.0. The van der Waals surface area contributed by atoms with Gasteiger partial charge in [-0.3, -0.25) is 39.1 Å². The number of benzene rings is 5. The maximum absolute atomic E-state index is 12.9. The van der Waals surface area contributed by atoms with Crippen molar-refractivity contribution in [1.82, 2.24) is 44.4 Å². The number of aromatic nitrogens is 9. The number of ketones is 2. The van der Waals surface area contributed by atoms with E-state index in [9.17, 15) is 24.6 Å². The van der Waals surface area contributed by atoms with Crippen LogP contribution in [0.25, 0.3) is 66.9 Å². The first-order chi connectivity index (χ1) is 53.4. The zero-order chi connectivity index (χ0) is 78.4. The first-order valence-electron chi connectivity index (χ1n) is 34.7. The molecular formula is C90H81ClN9O11-. The lowest BCUT2D eigenvalue weighted by Gasteiger charge is -2.19. The van der Waals surface area contributed by atoms with Crippen LogP contribution in [0.5, 0.6) is 11.5 Å². The molecule has 0 amide bonds. The topological polar surface area (TPSA) is 290 Å². The van der Waals surface area contributed by atoms with Crippen LogP contribution in [-0.2, 0) is 53.4 Å². The molecule has 9 aromatic heterocycles. The predicted octanol–water partition coefficient (Wildman–Crippen LogP) is 13.2. The molecule has 0 radical (unpaired) electrons. The van der Waals surface area contributed by atoms with Crippen LogP contribution in [0, 0.1) is 31.6 Å². The summed E-state index contributed by atoms with van der Waals surface area (Å²) in [5, 5.41) is 31.1. The summed E-state index contributed by atoms with van der Waals surface area (Å²) in [6.07, 6.45) is 43.0. The zero-order valence-corrected chi connectivity index (χ0v) is 62.6. The number of hydrogen-bond donors (Lipinski definition) is 6. The number of fused-ring (bicyclic) bond motifs is 5. The SMILES string of the molecule is C#C/C(=C\c1cccnc1)C1=CCc2ccc(OC)cc21.C#C/C(=C\c1cccnc1)c1c[nH]c2ccc(OC)cc12.CC(C)(C)OC(=O)n1cc(C(=O)Cc2cccnc2)c2cc(CO)ccc21.Cc1cccnc1.O=C(Cc1cccnc1)c1c[nH]c2ccc(CO)cc12.O=C=O.OCc1ccc2[nH]ccc2c1.[Cl-]. The molecule has 15 rings (SSSR count). The number of aryl methyl sites for hydroxylation is 1. The van der Waals surface area contributed by atoms with Crippen LogP contribution in [0.4, 0.5) is 4.79 Å². The summed E-state index contributed by atoms with van der Waals surface area (Å²) >= 11 is 0. The molecule has 14 aromatic rings. The Morgan fingerprint density at radius 1 is 0.541 bits per heavy atom. The van der Waals surface area contributed by atoms with Crippen molar-refractivity contribution in [2.24, 2.45) is 0 Å². The molecule has 0 aliphatic heterocycles. The molecule has 0 atom stereocenters. The Kier molecular flexibility index (Phi) is 31.0. The number of carbonyl (C=O) groups excluding carboxylic acids is 5. The molecule has 560 valence electrons. The Bertz CT molecular complexity index is 5650. The quantitative estimate of drug-likeness (QED) is 0.0411. The second kappa shape index (κ2) is 41.4. The molecule has 111 heavy (non-hydrogen) atoms. The number of aliphatic hydroxyl groups excluding tert-OH is 3. The van der Waals surface area contributed by atoms with Gasteiger partial charge in [0.05, 0.1) is 39.6 Å². The van der Waals surface area contributed by atoms with Crippen molar-refractivity contribution in [3.8, 4) is 36.2 Å². The normalized spacial score (nSPS) is 11.1. The van der Waals surface area contributed by atoms with Crippen LogP contribution in [0.3, 0.4) is 0 Å². The largest absolute Gasteiger partial charge is 1.00 e. The number of pyridine rings is 5. The summed E-state index contributed by atoms with van der Waals surface area (Å²) in [4.78, 5) is 83.7. The summed E-state index contributed by atoms with van der Waals surface area (Å²) in [5.74, 6) is 7.11. The molecule has 0 bridgehead atoms. The van der Waals surface area contributed by atoms with E-state index in [1.54, 1.807) is 121 Å². The number of nitrogens with one attached hydrogen (secondary N) is 3. The summed E-state index contributed by atoms with van der Waals surface area (Å²) in [6.45, 7) is 7.31. The first-order valence-corrected chi connectivity index (χ1v) is 34.7. The fourth-order valence-corrected chi connectivity index (χ4v) is 11.6. The maximum Gasteiger partial charge on any atom is 0.419 e. The van der Waals surface area contributed by atoms with Crippen LogP contribution in [0.1, 0.15) is 103 Å². The minimum Gasteiger partial charge on any atom is -1.00 e. The number of methoxy groups -OCH3 is 2. The maximum atomic E-state index is 12.9. The molecular weight excluding hydrogens is 1420 g/mol. The van der Waals surface area contributed by atoms with Crippen molar-refractivity contribution in [2.75, 3.05) is 14.2 Å². The van der Waals surface area contributed by atoms with Crippen molar-refractivity contribution in [3.63, 3.8) is 0 Å². The lowest BCUT2D eigenvalue weighted by molar-refractivity contribution is -0.191. The van der Waals surface area contributed by atoms with Crippen LogP contribution in [-0.4, -0.2) is 103 Å². The van der Waals surface area contributed by atoms with Crippen LogP contribution in [0.15, 0.2) is 256 Å². The van der Waals surface area contributed by atoms with E-state index in [0.29, 0.717) is 34.0 Å². The molecule has 0 fully saturated rings. The van der Waals surface area contributed by atoms with Crippen molar-refractivity contribution in [1.29, 1.82) is 0 Å². The number of aromatic amines is 3. The lowest BCUT2D eigenvalue weighted by atomic mass is 9.98. The average molecular weight is 1500 g/mol. The van der Waals surface area contributed by atoms with E-state index in [2.05, 4.69) is 63.9 Å². The standard InChI is InChI=1S/C21H22N2O4.C19H15NO.C18H14N2O.C16H14N2O2.C9H9NO.C6H7N.CO2.ClH/c1-21(2,3)27-20(26)23-12-17(16-9-15(13-24)6-7-18(16)23)19(25)10-14-5-4-8-22-11-14;1-3-15(11-14-5-4-10-20-13-14)18-9-7-16-6-8-17(21-2)12-19(16)18;1-3-14(9-13-5-4-8-19-11-13)17-12-20-18-7-6-15(21-2)10-16(17)18;19-10-12-3-4-15-13(6-12)14(9-18-15)16(20)7-11-2-1-5-17-8-11;11-6-7-1-2-9-8(5-7)3-4-10-9;1-6-3-2-4-7-5-6;2-1-3;/h4-9,11-12,24H,10,13H2,1-3H3;1,4-6,8-13H,7H2,2H3;1,4-12,20H,2H3;1-6,8-9,18-19H,7,10H2;1-5,10-11H,6H2;2-5H,1H3;;1H/p-1/b;15-11+;14-9+;;;;;. The van der Waals surface area contributed by atoms with Crippen LogP contribution < -0.4 is 21.9 Å². The van der Waals surface area contributed by atoms with Gasteiger partial charge in [0.15, 0.2) is 11.6 Å². The number of aliphatic hydroxyl groups is 3. The zero-order valence-electron chi connectivity index (χ0n) is 61.9. The molecule has 9 heterocycles. The van der Waals surface area contributed by atoms with Crippen molar-refractivity contribution in [2.45, 2.75) is 72.4 Å².